The van der Waals surface area contributed by atoms with Gasteiger partial charge in [0.1, 0.15) is 6.10 Å². The number of aliphatic hydroxyl groups excluding tert-OH is 1. The SMILES string of the molecule is Cn1ccc2c(C(O)C(F)F)cccc21. The lowest BCUT2D eigenvalue weighted by molar-refractivity contribution is -0.00494. The van der Waals surface area contributed by atoms with Gasteiger partial charge in [-0.05, 0) is 17.7 Å². The van der Waals surface area contributed by atoms with Gasteiger partial charge in [0.15, 0.2) is 0 Å². The van der Waals surface area contributed by atoms with E-state index in [4.69, 9.17) is 0 Å². The lowest BCUT2D eigenvalue weighted by Gasteiger charge is -2.11. The van der Waals surface area contributed by atoms with Gasteiger partial charge >= 0.3 is 0 Å². The number of fused-ring (bicyclic) bond motifs is 1. The van der Waals surface area contributed by atoms with E-state index < -0.39 is 12.5 Å². The van der Waals surface area contributed by atoms with Gasteiger partial charge in [0.2, 0.25) is 0 Å². The summed E-state index contributed by atoms with van der Waals surface area (Å²) in [6, 6.07) is 6.76. The molecule has 0 saturated heterocycles. The van der Waals surface area contributed by atoms with Crippen LogP contribution in [0.15, 0.2) is 30.5 Å². The van der Waals surface area contributed by atoms with Gasteiger partial charge < -0.3 is 9.67 Å². The predicted octanol–water partition coefficient (Wildman–Crippen LogP) is 2.48. The quantitative estimate of drug-likeness (QED) is 0.811. The van der Waals surface area contributed by atoms with Gasteiger partial charge in [-0.3, -0.25) is 0 Å². The van der Waals surface area contributed by atoms with Crippen molar-refractivity contribution in [2.75, 3.05) is 0 Å². The Morgan fingerprint density at radius 1 is 1.27 bits per heavy atom. The molecule has 0 fully saturated rings. The average Bonchev–Trinajstić information content (AvgIpc) is 2.59. The minimum atomic E-state index is -2.75. The summed E-state index contributed by atoms with van der Waals surface area (Å²) < 4.78 is 26.6. The third-order valence-electron chi connectivity index (χ3n) is 2.52. The molecule has 0 spiro atoms. The number of hydrogen-bond acceptors (Lipinski definition) is 1. The van der Waals surface area contributed by atoms with Crippen LogP contribution in [0.4, 0.5) is 8.78 Å². The third kappa shape index (κ3) is 1.61. The van der Waals surface area contributed by atoms with Crippen LogP contribution in [0.5, 0.6) is 0 Å². The summed E-state index contributed by atoms with van der Waals surface area (Å²) >= 11 is 0. The van der Waals surface area contributed by atoms with Crippen LogP contribution >= 0.6 is 0 Å². The molecule has 0 amide bonds. The van der Waals surface area contributed by atoms with Crippen molar-refractivity contribution >= 4 is 10.9 Å². The maximum atomic E-state index is 12.4. The highest BCUT2D eigenvalue weighted by Crippen LogP contribution is 2.28. The van der Waals surface area contributed by atoms with Crippen LogP contribution in [0.3, 0.4) is 0 Å². The van der Waals surface area contributed by atoms with Crippen molar-refractivity contribution in [1.29, 1.82) is 0 Å². The molecule has 2 nitrogen and oxygen atoms in total. The summed E-state index contributed by atoms with van der Waals surface area (Å²) in [5, 5.41) is 10.0. The second-order valence-corrected chi connectivity index (χ2v) is 3.49. The summed E-state index contributed by atoms with van der Waals surface area (Å²) in [4.78, 5) is 0. The van der Waals surface area contributed by atoms with Gasteiger partial charge in [0.25, 0.3) is 6.43 Å². The average molecular weight is 211 g/mol. The first-order chi connectivity index (χ1) is 7.11. The first-order valence-electron chi connectivity index (χ1n) is 4.61. The second kappa shape index (κ2) is 3.62. The molecule has 1 aromatic heterocycles. The molecular formula is C11H11F2NO. The molecule has 2 aromatic rings. The number of halogens is 2. The van der Waals surface area contributed by atoms with Gasteiger partial charge in [0, 0.05) is 24.1 Å². The number of aromatic nitrogens is 1. The van der Waals surface area contributed by atoms with E-state index in [1.54, 1.807) is 18.3 Å². The number of alkyl halides is 2. The number of rotatable bonds is 2. The van der Waals surface area contributed by atoms with Crippen molar-refractivity contribution in [3.05, 3.63) is 36.0 Å². The molecule has 0 aliphatic carbocycles. The Kier molecular flexibility index (Phi) is 2.44. The first kappa shape index (κ1) is 10.1. The molecule has 2 rings (SSSR count). The standard InChI is InChI=1S/C11H11F2NO/c1-14-6-5-7-8(10(15)11(12)13)3-2-4-9(7)14/h2-6,10-11,15H,1H3. The Labute approximate surface area is 85.8 Å². The molecule has 1 N–H and O–H groups in total. The maximum Gasteiger partial charge on any atom is 0.268 e. The van der Waals surface area contributed by atoms with Crippen LogP contribution in [0, 0.1) is 0 Å². The summed E-state index contributed by atoms with van der Waals surface area (Å²) in [7, 11) is 1.83. The van der Waals surface area contributed by atoms with E-state index in [9.17, 15) is 13.9 Å². The molecule has 0 aliphatic rings. The van der Waals surface area contributed by atoms with E-state index in [1.165, 1.54) is 6.07 Å². The van der Waals surface area contributed by atoms with E-state index in [0.29, 0.717) is 5.39 Å². The van der Waals surface area contributed by atoms with E-state index in [-0.39, 0.29) is 5.56 Å². The summed E-state index contributed by atoms with van der Waals surface area (Å²) in [6.45, 7) is 0. The van der Waals surface area contributed by atoms with E-state index >= 15 is 0 Å². The summed E-state index contributed by atoms with van der Waals surface area (Å²) in [6.07, 6.45) is -2.68. The number of aryl methyl sites for hydroxylation is 1. The zero-order valence-corrected chi connectivity index (χ0v) is 8.19. The Bertz CT molecular complexity index is 478. The molecule has 0 radical (unpaired) electrons. The molecule has 1 atom stereocenters. The van der Waals surface area contributed by atoms with E-state index in [2.05, 4.69) is 0 Å². The molecule has 4 heteroatoms. The molecule has 0 saturated carbocycles. The fourth-order valence-corrected chi connectivity index (χ4v) is 1.72. The van der Waals surface area contributed by atoms with Crippen molar-refractivity contribution in [2.45, 2.75) is 12.5 Å². The summed E-state index contributed by atoms with van der Waals surface area (Å²) in [5.41, 5.74) is 1.12. The van der Waals surface area contributed by atoms with Crippen LogP contribution in [-0.2, 0) is 7.05 Å². The predicted molar refractivity (Wildman–Crippen MR) is 53.9 cm³/mol. The number of benzene rings is 1. The minimum Gasteiger partial charge on any atom is -0.382 e. The van der Waals surface area contributed by atoms with Crippen molar-refractivity contribution < 1.29 is 13.9 Å². The van der Waals surface area contributed by atoms with Gasteiger partial charge in [-0.2, -0.15) is 0 Å². The largest absolute Gasteiger partial charge is 0.382 e. The lowest BCUT2D eigenvalue weighted by atomic mass is 10.1. The molecular weight excluding hydrogens is 200 g/mol. The Morgan fingerprint density at radius 2 is 2.00 bits per heavy atom. The van der Waals surface area contributed by atoms with Crippen molar-refractivity contribution in [3.63, 3.8) is 0 Å². The molecule has 0 bridgehead atoms. The van der Waals surface area contributed by atoms with Crippen LogP contribution in [0.1, 0.15) is 11.7 Å². The molecule has 80 valence electrons. The molecule has 1 heterocycles. The number of nitrogens with zero attached hydrogens (tertiary/aromatic N) is 1. The Hall–Kier alpha value is -1.42. The van der Waals surface area contributed by atoms with Crippen molar-refractivity contribution in [1.82, 2.24) is 4.57 Å². The fraction of sp³-hybridized carbons (Fsp3) is 0.273. The van der Waals surface area contributed by atoms with Crippen LogP contribution in [0.2, 0.25) is 0 Å². The molecule has 0 aliphatic heterocycles. The monoisotopic (exact) mass is 211 g/mol. The van der Waals surface area contributed by atoms with Crippen LogP contribution in [-0.4, -0.2) is 16.1 Å². The van der Waals surface area contributed by atoms with Crippen LogP contribution < -0.4 is 0 Å². The van der Waals surface area contributed by atoms with Gasteiger partial charge in [0.05, 0.1) is 0 Å². The molecule has 1 unspecified atom stereocenters. The van der Waals surface area contributed by atoms with E-state index in [1.807, 2.05) is 17.7 Å². The molecule has 1 aromatic carbocycles. The van der Waals surface area contributed by atoms with Crippen LogP contribution in [0.25, 0.3) is 10.9 Å². The van der Waals surface area contributed by atoms with Gasteiger partial charge in [-0.25, -0.2) is 8.78 Å². The molecule has 15 heavy (non-hydrogen) atoms. The zero-order chi connectivity index (χ0) is 11.0. The summed E-state index contributed by atoms with van der Waals surface area (Å²) in [5.74, 6) is 0. The lowest BCUT2D eigenvalue weighted by Crippen LogP contribution is -2.08. The Morgan fingerprint density at radius 3 is 2.67 bits per heavy atom. The third-order valence-corrected chi connectivity index (χ3v) is 2.52. The normalized spacial score (nSPS) is 13.7. The first-order valence-corrected chi connectivity index (χ1v) is 4.61. The highest BCUT2D eigenvalue weighted by atomic mass is 19.3. The fourth-order valence-electron chi connectivity index (χ4n) is 1.72. The van der Waals surface area contributed by atoms with Crippen molar-refractivity contribution in [2.24, 2.45) is 7.05 Å². The second-order valence-electron chi connectivity index (χ2n) is 3.49. The highest BCUT2D eigenvalue weighted by Gasteiger charge is 2.21. The minimum absolute atomic E-state index is 0.281. The van der Waals surface area contributed by atoms with Crippen molar-refractivity contribution in [3.8, 4) is 0 Å². The maximum absolute atomic E-state index is 12.4. The van der Waals surface area contributed by atoms with Gasteiger partial charge in [-0.15, -0.1) is 0 Å². The van der Waals surface area contributed by atoms with Gasteiger partial charge in [-0.1, -0.05) is 12.1 Å². The van der Waals surface area contributed by atoms with E-state index in [0.717, 1.165) is 5.52 Å². The number of aliphatic hydroxyl groups is 1. The highest BCUT2D eigenvalue weighted by molar-refractivity contribution is 5.84. The zero-order valence-electron chi connectivity index (χ0n) is 8.19. The topological polar surface area (TPSA) is 25.2 Å². The smallest absolute Gasteiger partial charge is 0.268 e. The number of hydrogen-bond donors (Lipinski definition) is 1. The Balaban J connectivity index is 2.61.